The molecule has 4 N–H and O–H groups in total. The van der Waals surface area contributed by atoms with Crippen LogP contribution in [0.4, 0.5) is 24.5 Å². The summed E-state index contributed by atoms with van der Waals surface area (Å²) in [5, 5.41) is 0. The molecule has 0 spiro atoms. The number of anilines is 2. The van der Waals surface area contributed by atoms with Gasteiger partial charge in [-0.3, -0.25) is 0 Å². The number of alkyl halides is 3. The van der Waals surface area contributed by atoms with E-state index in [0.29, 0.717) is 23.4 Å². The lowest BCUT2D eigenvalue weighted by Gasteiger charge is -2.13. The average molecular weight is 516 g/mol. The first-order chi connectivity index (χ1) is 17.5. The highest BCUT2D eigenvalue weighted by Gasteiger charge is 2.32. The van der Waals surface area contributed by atoms with Gasteiger partial charge in [-0.2, -0.15) is 0 Å². The minimum absolute atomic E-state index is 0.0426. The molecule has 0 fully saturated rings. The first-order valence-electron chi connectivity index (χ1n) is 10.8. The van der Waals surface area contributed by atoms with Crippen molar-refractivity contribution in [2.45, 2.75) is 12.8 Å². The van der Waals surface area contributed by atoms with Gasteiger partial charge in [0.15, 0.2) is 11.5 Å². The van der Waals surface area contributed by atoms with Gasteiger partial charge >= 0.3 is 18.3 Å². The highest BCUT2D eigenvalue weighted by atomic mass is 19.4. The molecule has 0 saturated carbocycles. The molecule has 0 amide bonds. The Kier molecular flexibility index (Phi) is 8.62. The third-order valence-electron chi connectivity index (χ3n) is 4.80. The normalized spacial score (nSPS) is 11.2. The van der Waals surface area contributed by atoms with Gasteiger partial charge in [0.05, 0.1) is 19.3 Å². The SMILES string of the molecule is COc1cc(C(=O)Oc2ccc(/C=C/C(=O)OCCc3cc(N)cc(N)c3)cc2)ccc1OC(F)(F)F. The van der Waals surface area contributed by atoms with Crippen molar-refractivity contribution in [1.29, 1.82) is 0 Å². The molecule has 194 valence electrons. The molecule has 3 aromatic carbocycles. The maximum Gasteiger partial charge on any atom is 0.573 e. The summed E-state index contributed by atoms with van der Waals surface area (Å²) in [6.45, 7) is 0.148. The summed E-state index contributed by atoms with van der Waals surface area (Å²) in [5.74, 6) is -2.04. The van der Waals surface area contributed by atoms with Gasteiger partial charge < -0.3 is 30.4 Å². The van der Waals surface area contributed by atoms with Gasteiger partial charge in [0.2, 0.25) is 0 Å². The number of benzene rings is 3. The summed E-state index contributed by atoms with van der Waals surface area (Å²) in [5.41, 5.74) is 14.0. The van der Waals surface area contributed by atoms with Crippen LogP contribution in [-0.4, -0.2) is 32.0 Å². The van der Waals surface area contributed by atoms with E-state index in [9.17, 15) is 22.8 Å². The van der Waals surface area contributed by atoms with Crippen LogP contribution in [0.3, 0.4) is 0 Å². The molecule has 0 aliphatic heterocycles. The number of carbonyl (C=O) groups is 2. The van der Waals surface area contributed by atoms with Gasteiger partial charge in [0.1, 0.15) is 5.75 Å². The molecule has 0 unspecified atom stereocenters. The van der Waals surface area contributed by atoms with E-state index in [0.717, 1.165) is 30.9 Å². The lowest BCUT2D eigenvalue weighted by Crippen LogP contribution is -2.18. The van der Waals surface area contributed by atoms with E-state index >= 15 is 0 Å². The molecule has 11 heteroatoms. The summed E-state index contributed by atoms with van der Waals surface area (Å²) in [4.78, 5) is 24.3. The van der Waals surface area contributed by atoms with Crippen LogP contribution >= 0.6 is 0 Å². The van der Waals surface area contributed by atoms with Gasteiger partial charge in [-0.25, -0.2) is 9.59 Å². The highest BCUT2D eigenvalue weighted by molar-refractivity contribution is 5.92. The Morgan fingerprint density at radius 1 is 0.919 bits per heavy atom. The molecule has 0 atom stereocenters. The lowest BCUT2D eigenvalue weighted by molar-refractivity contribution is -0.275. The van der Waals surface area contributed by atoms with E-state index in [1.165, 1.54) is 24.3 Å². The molecular weight excluding hydrogens is 493 g/mol. The fourth-order valence-corrected chi connectivity index (χ4v) is 3.19. The van der Waals surface area contributed by atoms with Gasteiger partial charge in [-0.1, -0.05) is 12.1 Å². The zero-order valence-corrected chi connectivity index (χ0v) is 19.6. The second kappa shape index (κ2) is 11.8. The minimum atomic E-state index is -4.91. The highest BCUT2D eigenvalue weighted by Crippen LogP contribution is 2.33. The van der Waals surface area contributed by atoms with E-state index in [1.807, 2.05) is 0 Å². The topological polar surface area (TPSA) is 123 Å². The Labute approximate surface area is 210 Å². The number of rotatable bonds is 9. The van der Waals surface area contributed by atoms with Crippen LogP contribution in [0.15, 0.2) is 66.7 Å². The van der Waals surface area contributed by atoms with E-state index < -0.39 is 24.1 Å². The number of hydrogen-bond donors (Lipinski definition) is 2. The molecule has 8 nitrogen and oxygen atoms in total. The van der Waals surface area contributed by atoms with Crippen LogP contribution < -0.4 is 25.7 Å². The van der Waals surface area contributed by atoms with E-state index in [1.54, 1.807) is 30.3 Å². The first-order valence-corrected chi connectivity index (χ1v) is 10.8. The third-order valence-corrected chi connectivity index (χ3v) is 4.80. The van der Waals surface area contributed by atoms with Crippen molar-refractivity contribution in [2.24, 2.45) is 0 Å². The Morgan fingerprint density at radius 2 is 1.59 bits per heavy atom. The fourth-order valence-electron chi connectivity index (χ4n) is 3.19. The quantitative estimate of drug-likeness (QED) is 0.180. The van der Waals surface area contributed by atoms with Crippen molar-refractivity contribution in [3.63, 3.8) is 0 Å². The van der Waals surface area contributed by atoms with Crippen molar-refractivity contribution in [3.05, 3.63) is 83.4 Å². The number of ether oxygens (including phenoxy) is 4. The molecule has 0 bridgehead atoms. The average Bonchev–Trinajstić information content (AvgIpc) is 2.82. The second-order valence-corrected chi connectivity index (χ2v) is 7.63. The monoisotopic (exact) mass is 516 g/mol. The molecular formula is C26H23F3N2O6. The zero-order chi connectivity index (χ0) is 27.0. The second-order valence-electron chi connectivity index (χ2n) is 7.63. The van der Waals surface area contributed by atoms with Crippen LogP contribution in [-0.2, 0) is 16.0 Å². The van der Waals surface area contributed by atoms with E-state index in [2.05, 4.69) is 4.74 Å². The first kappa shape index (κ1) is 26.9. The summed E-state index contributed by atoms with van der Waals surface area (Å²) < 4.78 is 56.5. The number of halogens is 3. The van der Waals surface area contributed by atoms with Crippen molar-refractivity contribution >= 4 is 29.4 Å². The Balaban J connectivity index is 1.52. The Morgan fingerprint density at radius 3 is 2.22 bits per heavy atom. The molecule has 0 aromatic heterocycles. The summed E-state index contributed by atoms with van der Waals surface area (Å²) in [6, 6.07) is 14.5. The molecule has 3 rings (SSSR count). The predicted octanol–water partition coefficient (Wildman–Crippen LogP) is 4.78. The van der Waals surface area contributed by atoms with Crippen molar-refractivity contribution in [2.75, 3.05) is 25.2 Å². The van der Waals surface area contributed by atoms with Gasteiger partial charge in [0, 0.05) is 23.9 Å². The molecule has 0 heterocycles. The van der Waals surface area contributed by atoms with Crippen LogP contribution in [0, 0.1) is 0 Å². The molecule has 0 aliphatic rings. The Hall–Kier alpha value is -4.67. The van der Waals surface area contributed by atoms with Crippen molar-refractivity contribution in [1.82, 2.24) is 0 Å². The number of nitrogen functional groups attached to an aromatic ring is 2. The summed E-state index contributed by atoms with van der Waals surface area (Å²) in [6.07, 6.45) is -1.67. The molecule has 0 aliphatic carbocycles. The summed E-state index contributed by atoms with van der Waals surface area (Å²) >= 11 is 0. The number of carbonyl (C=O) groups excluding carboxylic acids is 2. The van der Waals surface area contributed by atoms with Gasteiger partial charge in [-0.05, 0) is 65.7 Å². The number of methoxy groups -OCH3 is 1. The summed E-state index contributed by atoms with van der Waals surface area (Å²) in [7, 11) is 1.14. The number of esters is 2. The lowest BCUT2D eigenvalue weighted by atomic mass is 10.1. The van der Waals surface area contributed by atoms with E-state index in [-0.39, 0.29) is 23.7 Å². The Bertz CT molecular complexity index is 1270. The van der Waals surface area contributed by atoms with Crippen molar-refractivity contribution in [3.8, 4) is 17.2 Å². The standard InChI is InChI=1S/C26H23F3N2O6/c1-34-23-14-18(5-8-22(23)37-26(27,28)29)25(33)36-21-6-2-16(3-7-21)4-9-24(32)35-11-10-17-12-19(30)15-20(31)13-17/h2-9,12-15H,10-11,30-31H2,1H3/b9-4+. The maximum absolute atomic E-state index is 12.5. The van der Waals surface area contributed by atoms with Crippen LogP contribution in [0.25, 0.3) is 6.08 Å². The third kappa shape index (κ3) is 8.49. The molecule has 37 heavy (non-hydrogen) atoms. The van der Waals surface area contributed by atoms with Gasteiger partial charge in [-0.15, -0.1) is 13.2 Å². The smallest absolute Gasteiger partial charge is 0.493 e. The minimum Gasteiger partial charge on any atom is -0.493 e. The fraction of sp³-hybridized carbons (Fsp3) is 0.154. The van der Waals surface area contributed by atoms with Crippen LogP contribution in [0.2, 0.25) is 0 Å². The van der Waals surface area contributed by atoms with Crippen LogP contribution in [0.1, 0.15) is 21.5 Å². The zero-order valence-electron chi connectivity index (χ0n) is 19.6. The van der Waals surface area contributed by atoms with Crippen molar-refractivity contribution < 1.29 is 41.7 Å². The molecule has 0 saturated heterocycles. The number of nitrogens with two attached hydrogens (primary N) is 2. The molecule has 3 aromatic rings. The van der Waals surface area contributed by atoms with E-state index in [4.69, 9.17) is 25.7 Å². The number of hydrogen-bond acceptors (Lipinski definition) is 8. The molecule has 0 radical (unpaired) electrons. The van der Waals surface area contributed by atoms with Crippen LogP contribution in [0.5, 0.6) is 17.2 Å². The largest absolute Gasteiger partial charge is 0.573 e. The predicted molar refractivity (Wildman–Crippen MR) is 130 cm³/mol. The maximum atomic E-state index is 12.5. The van der Waals surface area contributed by atoms with Gasteiger partial charge in [0.25, 0.3) is 0 Å².